The van der Waals surface area contributed by atoms with E-state index >= 15 is 0 Å². The summed E-state index contributed by atoms with van der Waals surface area (Å²) in [7, 11) is 3.76. The van der Waals surface area contributed by atoms with Crippen molar-refractivity contribution in [2.24, 2.45) is 5.10 Å². The topological polar surface area (TPSA) is 53.9 Å². The van der Waals surface area contributed by atoms with E-state index in [4.69, 9.17) is 4.74 Å². The summed E-state index contributed by atoms with van der Waals surface area (Å²) in [5.41, 5.74) is 6.27. The lowest BCUT2D eigenvalue weighted by atomic mass is 9.63. The van der Waals surface area contributed by atoms with Crippen molar-refractivity contribution < 1.29 is 13.9 Å². The maximum Gasteiger partial charge on any atom is 0.271 e. The molecule has 6 heteroatoms. The highest BCUT2D eigenvalue weighted by molar-refractivity contribution is 6.03. The number of nitrogens with zero attached hydrogens (tertiary/aromatic N) is 2. The lowest BCUT2D eigenvalue weighted by Gasteiger charge is -2.49. The molecule has 1 N–H and O–H groups in total. The van der Waals surface area contributed by atoms with Gasteiger partial charge < -0.3 is 4.74 Å². The zero-order valence-electron chi connectivity index (χ0n) is 16.3. The first-order valence-corrected chi connectivity index (χ1v) is 9.44. The number of amides is 1. The molecule has 2 aliphatic rings. The van der Waals surface area contributed by atoms with Crippen LogP contribution in [0.4, 0.5) is 4.39 Å². The fraction of sp³-hybridized carbons (Fsp3) is 0.364. The van der Waals surface area contributed by atoms with E-state index in [9.17, 15) is 9.18 Å². The van der Waals surface area contributed by atoms with Crippen LogP contribution in [0.15, 0.2) is 47.6 Å². The Hall–Kier alpha value is -2.73. The van der Waals surface area contributed by atoms with Gasteiger partial charge in [-0.1, -0.05) is 13.0 Å². The monoisotopic (exact) mass is 381 g/mol. The highest BCUT2D eigenvalue weighted by atomic mass is 19.1. The summed E-state index contributed by atoms with van der Waals surface area (Å²) in [5.74, 6) is 0.115. The number of likely N-dealkylation sites (tertiary alicyclic amines) is 1. The summed E-state index contributed by atoms with van der Waals surface area (Å²) in [4.78, 5) is 14.8. The largest absolute Gasteiger partial charge is 0.497 e. The van der Waals surface area contributed by atoms with Crippen molar-refractivity contribution in [3.8, 4) is 5.75 Å². The number of ether oxygens (including phenoxy) is 1. The van der Waals surface area contributed by atoms with Crippen LogP contribution >= 0.6 is 0 Å². The van der Waals surface area contributed by atoms with E-state index < -0.39 is 0 Å². The number of rotatable bonds is 3. The molecule has 2 aromatic carbocycles. The predicted octanol–water partition coefficient (Wildman–Crippen LogP) is 3.14. The molecule has 1 heterocycles. The Balaban J connectivity index is 1.69. The number of methoxy groups -OCH3 is 1. The summed E-state index contributed by atoms with van der Waals surface area (Å²) >= 11 is 0. The lowest BCUT2D eigenvalue weighted by Crippen LogP contribution is -2.59. The molecule has 146 valence electrons. The molecule has 2 atom stereocenters. The molecule has 28 heavy (non-hydrogen) atoms. The summed E-state index contributed by atoms with van der Waals surface area (Å²) in [5, 5.41) is 4.58. The number of nitrogens with one attached hydrogen (secondary N) is 1. The molecule has 2 unspecified atom stereocenters. The highest BCUT2D eigenvalue weighted by Crippen LogP contribution is 2.43. The van der Waals surface area contributed by atoms with Crippen molar-refractivity contribution in [2.75, 3.05) is 20.7 Å². The normalized spacial score (nSPS) is 25.3. The number of piperidine rings is 1. The van der Waals surface area contributed by atoms with Crippen LogP contribution in [0.25, 0.3) is 0 Å². The van der Waals surface area contributed by atoms with Crippen LogP contribution in [0.1, 0.15) is 34.8 Å². The van der Waals surface area contributed by atoms with Crippen LogP contribution in [-0.2, 0) is 11.8 Å². The Kier molecular flexibility index (Phi) is 4.67. The number of likely N-dealkylation sites (N-methyl/N-ethyl adjacent to an activating group) is 1. The number of fused-ring (bicyclic) bond motifs is 4. The number of carbonyl (C=O) groups excluding carboxylic acids is 1. The van der Waals surface area contributed by atoms with Gasteiger partial charge in [-0.15, -0.1) is 0 Å². The molecule has 0 saturated carbocycles. The number of hydrogen-bond donors (Lipinski definition) is 1. The molecule has 2 aromatic rings. The first-order chi connectivity index (χ1) is 13.4. The van der Waals surface area contributed by atoms with Crippen LogP contribution in [0.3, 0.4) is 0 Å². The van der Waals surface area contributed by atoms with E-state index in [1.807, 2.05) is 6.07 Å². The molecule has 1 amide bonds. The first kappa shape index (κ1) is 18.6. The molecule has 2 bridgehead atoms. The van der Waals surface area contributed by atoms with Crippen LogP contribution in [0.2, 0.25) is 0 Å². The second-order valence-corrected chi connectivity index (χ2v) is 7.75. The molecular weight excluding hydrogens is 357 g/mol. The van der Waals surface area contributed by atoms with Gasteiger partial charge in [-0.05, 0) is 74.0 Å². The molecular formula is C22H24FN3O2. The minimum absolute atomic E-state index is 0.133. The van der Waals surface area contributed by atoms with Gasteiger partial charge in [0.25, 0.3) is 5.91 Å². The van der Waals surface area contributed by atoms with Crippen LogP contribution in [0, 0.1) is 5.82 Å². The van der Waals surface area contributed by atoms with Crippen molar-refractivity contribution in [1.29, 1.82) is 0 Å². The minimum Gasteiger partial charge on any atom is -0.497 e. The van der Waals surface area contributed by atoms with Gasteiger partial charge in [0.05, 0.1) is 18.9 Å². The third-order valence-corrected chi connectivity index (χ3v) is 6.09. The quantitative estimate of drug-likeness (QED) is 0.831. The summed E-state index contributed by atoms with van der Waals surface area (Å²) in [6.07, 6.45) is 1.75. The standard InChI is InChI=1S/C22H24FN3O2/c1-22-10-11-26(2)19(12-15-6-9-17(28-3)13-18(15)22)20(22)24-25-21(27)14-4-7-16(23)8-5-14/h4-9,13,19H,10-12H2,1-3H3,(H,25,27). The first-order valence-electron chi connectivity index (χ1n) is 9.44. The van der Waals surface area contributed by atoms with Gasteiger partial charge in [0.15, 0.2) is 0 Å². The van der Waals surface area contributed by atoms with E-state index in [2.05, 4.69) is 41.5 Å². The SMILES string of the molecule is COc1ccc2c(c1)C1(C)CCN(C)C(C2)C1=NNC(=O)c1ccc(F)cc1. The van der Waals surface area contributed by atoms with Crippen molar-refractivity contribution in [3.05, 3.63) is 65.0 Å². The van der Waals surface area contributed by atoms with Gasteiger partial charge in [0, 0.05) is 11.0 Å². The molecule has 1 aliphatic heterocycles. The number of hydrogen-bond acceptors (Lipinski definition) is 4. The van der Waals surface area contributed by atoms with Crippen molar-refractivity contribution in [3.63, 3.8) is 0 Å². The lowest BCUT2D eigenvalue weighted by molar-refractivity contribution is 0.0953. The van der Waals surface area contributed by atoms with Crippen LogP contribution < -0.4 is 10.2 Å². The van der Waals surface area contributed by atoms with Gasteiger partial charge in [-0.2, -0.15) is 5.10 Å². The molecule has 1 aliphatic carbocycles. The van der Waals surface area contributed by atoms with Gasteiger partial charge in [-0.3, -0.25) is 9.69 Å². The maximum absolute atomic E-state index is 13.1. The fourth-order valence-corrected chi connectivity index (χ4v) is 4.34. The molecule has 0 aromatic heterocycles. The Morgan fingerprint density at radius 2 is 2.04 bits per heavy atom. The number of carbonyl (C=O) groups is 1. The Bertz CT molecular complexity index is 941. The predicted molar refractivity (Wildman–Crippen MR) is 106 cm³/mol. The van der Waals surface area contributed by atoms with Crippen LogP contribution in [-0.4, -0.2) is 43.3 Å². The van der Waals surface area contributed by atoms with Crippen molar-refractivity contribution >= 4 is 11.6 Å². The zero-order chi connectivity index (χ0) is 19.9. The van der Waals surface area contributed by atoms with E-state index in [1.165, 1.54) is 35.4 Å². The van der Waals surface area contributed by atoms with Gasteiger partial charge in [-0.25, -0.2) is 9.82 Å². The van der Waals surface area contributed by atoms with E-state index in [1.54, 1.807) is 7.11 Å². The zero-order valence-corrected chi connectivity index (χ0v) is 16.3. The molecule has 4 rings (SSSR count). The summed E-state index contributed by atoms with van der Waals surface area (Å²) in [6, 6.07) is 11.8. The van der Waals surface area contributed by atoms with Crippen molar-refractivity contribution in [1.82, 2.24) is 10.3 Å². The smallest absolute Gasteiger partial charge is 0.271 e. The molecule has 5 nitrogen and oxygen atoms in total. The summed E-state index contributed by atoms with van der Waals surface area (Å²) in [6.45, 7) is 3.15. The van der Waals surface area contributed by atoms with Gasteiger partial charge in [0.2, 0.25) is 0 Å². The molecule has 0 spiro atoms. The Morgan fingerprint density at radius 1 is 1.29 bits per heavy atom. The fourth-order valence-electron chi connectivity index (χ4n) is 4.34. The van der Waals surface area contributed by atoms with E-state index in [-0.39, 0.29) is 23.2 Å². The number of hydrazone groups is 1. The molecule has 1 saturated heterocycles. The molecule has 1 fully saturated rings. The van der Waals surface area contributed by atoms with E-state index in [0.717, 1.165) is 30.8 Å². The number of benzene rings is 2. The van der Waals surface area contributed by atoms with Crippen LogP contribution in [0.5, 0.6) is 5.75 Å². The highest BCUT2D eigenvalue weighted by Gasteiger charge is 2.47. The average molecular weight is 381 g/mol. The second kappa shape index (κ2) is 7.02. The Morgan fingerprint density at radius 3 is 2.75 bits per heavy atom. The molecule has 0 radical (unpaired) electrons. The Labute approximate surface area is 164 Å². The van der Waals surface area contributed by atoms with Gasteiger partial charge in [0.1, 0.15) is 11.6 Å². The minimum atomic E-state index is -0.371. The third-order valence-electron chi connectivity index (χ3n) is 6.09. The van der Waals surface area contributed by atoms with E-state index in [0.29, 0.717) is 5.56 Å². The summed E-state index contributed by atoms with van der Waals surface area (Å²) < 4.78 is 18.5. The van der Waals surface area contributed by atoms with Crippen molar-refractivity contribution in [2.45, 2.75) is 31.2 Å². The maximum atomic E-state index is 13.1. The average Bonchev–Trinajstić information content (AvgIpc) is 2.70. The second-order valence-electron chi connectivity index (χ2n) is 7.75. The van der Waals surface area contributed by atoms with Gasteiger partial charge >= 0.3 is 0 Å². The third kappa shape index (κ3) is 3.07. The number of halogens is 1.